The van der Waals surface area contributed by atoms with E-state index in [1.54, 1.807) is 12.1 Å². The van der Waals surface area contributed by atoms with Crippen molar-refractivity contribution in [2.24, 2.45) is 0 Å². The molecule has 1 heterocycles. The first-order valence-electron chi connectivity index (χ1n) is 6.74. The molecule has 0 aromatic heterocycles. The van der Waals surface area contributed by atoms with Gasteiger partial charge in [-0.2, -0.15) is 0 Å². The van der Waals surface area contributed by atoms with Crippen molar-refractivity contribution in [2.75, 3.05) is 0 Å². The van der Waals surface area contributed by atoms with Crippen LogP contribution in [0.3, 0.4) is 0 Å². The van der Waals surface area contributed by atoms with Crippen molar-refractivity contribution in [3.63, 3.8) is 0 Å². The molecule has 3 rings (SSSR count). The zero-order valence-electron chi connectivity index (χ0n) is 11.2. The smallest absolute Gasteiger partial charge is 0.124 e. The van der Waals surface area contributed by atoms with Gasteiger partial charge in [0, 0.05) is 23.6 Å². The lowest BCUT2D eigenvalue weighted by Gasteiger charge is -2.22. The first-order chi connectivity index (χ1) is 9.66. The van der Waals surface area contributed by atoms with Gasteiger partial charge < -0.3 is 10.2 Å². The fourth-order valence-electron chi connectivity index (χ4n) is 2.91. The van der Waals surface area contributed by atoms with Crippen molar-refractivity contribution >= 4 is 0 Å². The SMILES string of the molecule is CC1NNC(c2ccc(O)cc2O)C1c1ccccc1. The molecule has 104 valence electrons. The van der Waals surface area contributed by atoms with Gasteiger partial charge >= 0.3 is 0 Å². The number of nitrogens with one attached hydrogen (secondary N) is 2. The van der Waals surface area contributed by atoms with Crippen molar-refractivity contribution in [1.29, 1.82) is 0 Å². The Labute approximate surface area is 118 Å². The summed E-state index contributed by atoms with van der Waals surface area (Å²) in [5.74, 6) is 0.396. The van der Waals surface area contributed by atoms with E-state index in [0.717, 1.165) is 5.56 Å². The molecule has 4 heteroatoms. The predicted molar refractivity (Wildman–Crippen MR) is 77.4 cm³/mol. The first-order valence-corrected chi connectivity index (χ1v) is 6.74. The van der Waals surface area contributed by atoms with Gasteiger partial charge in [-0.25, -0.2) is 5.43 Å². The number of hydrogen-bond acceptors (Lipinski definition) is 4. The van der Waals surface area contributed by atoms with Gasteiger partial charge in [0.15, 0.2) is 0 Å². The number of hydrogen-bond donors (Lipinski definition) is 4. The van der Waals surface area contributed by atoms with E-state index in [1.807, 2.05) is 18.2 Å². The van der Waals surface area contributed by atoms with Crippen LogP contribution >= 0.6 is 0 Å². The van der Waals surface area contributed by atoms with Gasteiger partial charge in [0.05, 0.1) is 6.04 Å². The Morgan fingerprint density at radius 1 is 0.950 bits per heavy atom. The summed E-state index contributed by atoms with van der Waals surface area (Å²) in [6, 6.07) is 15.2. The normalized spacial score (nSPS) is 25.8. The minimum absolute atomic E-state index is 0.0343. The average Bonchev–Trinajstić information content (AvgIpc) is 2.81. The zero-order chi connectivity index (χ0) is 14.1. The van der Waals surface area contributed by atoms with E-state index in [4.69, 9.17) is 0 Å². The highest BCUT2D eigenvalue weighted by Gasteiger charge is 2.36. The minimum Gasteiger partial charge on any atom is -0.508 e. The van der Waals surface area contributed by atoms with Crippen molar-refractivity contribution in [2.45, 2.75) is 24.9 Å². The molecule has 20 heavy (non-hydrogen) atoms. The molecule has 2 aromatic carbocycles. The van der Waals surface area contributed by atoms with Crippen LogP contribution in [0, 0.1) is 0 Å². The summed E-state index contributed by atoms with van der Waals surface area (Å²) in [7, 11) is 0. The number of hydrazine groups is 1. The fourth-order valence-corrected chi connectivity index (χ4v) is 2.91. The topological polar surface area (TPSA) is 64.5 Å². The molecule has 0 aliphatic carbocycles. The van der Waals surface area contributed by atoms with E-state index in [1.165, 1.54) is 11.6 Å². The molecule has 0 saturated carbocycles. The summed E-state index contributed by atoms with van der Waals surface area (Å²) < 4.78 is 0. The summed E-state index contributed by atoms with van der Waals surface area (Å²) in [6.07, 6.45) is 0. The molecule has 4 N–H and O–H groups in total. The molecule has 1 aliphatic heterocycles. The van der Waals surface area contributed by atoms with E-state index in [2.05, 4.69) is 29.9 Å². The Morgan fingerprint density at radius 2 is 1.70 bits per heavy atom. The third-order valence-corrected chi connectivity index (χ3v) is 3.90. The van der Waals surface area contributed by atoms with E-state index in [0.29, 0.717) is 0 Å². The van der Waals surface area contributed by atoms with E-state index < -0.39 is 0 Å². The first kappa shape index (κ1) is 13.0. The minimum atomic E-state index is -0.0343. The predicted octanol–water partition coefficient (Wildman–Crippen LogP) is 2.42. The molecule has 0 bridgehead atoms. The Hall–Kier alpha value is -2.04. The molecule has 1 aliphatic rings. The van der Waals surface area contributed by atoms with Gasteiger partial charge in [0.25, 0.3) is 0 Å². The molecule has 0 spiro atoms. The lowest BCUT2D eigenvalue weighted by molar-refractivity contribution is 0.432. The third kappa shape index (κ3) is 2.24. The van der Waals surface area contributed by atoms with Crippen LogP contribution in [0.25, 0.3) is 0 Å². The standard InChI is InChI=1S/C16H18N2O2/c1-10-15(11-5-3-2-4-6-11)16(18-17-10)13-8-7-12(19)9-14(13)20/h2-10,15-20H,1H3. The highest BCUT2D eigenvalue weighted by molar-refractivity contribution is 5.43. The third-order valence-electron chi connectivity index (χ3n) is 3.90. The van der Waals surface area contributed by atoms with Crippen molar-refractivity contribution in [3.8, 4) is 11.5 Å². The molecular weight excluding hydrogens is 252 g/mol. The maximum Gasteiger partial charge on any atom is 0.124 e. The maximum atomic E-state index is 10.1. The Kier molecular flexibility index (Phi) is 3.34. The summed E-state index contributed by atoms with van der Waals surface area (Å²) in [4.78, 5) is 0. The molecule has 2 aromatic rings. The van der Waals surface area contributed by atoms with Gasteiger partial charge in [-0.1, -0.05) is 36.4 Å². The van der Waals surface area contributed by atoms with Crippen LogP contribution in [-0.4, -0.2) is 16.3 Å². The number of benzene rings is 2. The van der Waals surface area contributed by atoms with Crippen LogP contribution in [0.15, 0.2) is 48.5 Å². The highest BCUT2D eigenvalue weighted by atomic mass is 16.3. The van der Waals surface area contributed by atoms with Crippen LogP contribution in [0.2, 0.25) is 0 Å². The maximum absolute atomic E-state index is 10.1. The highest BCUT2D eigenvalue weighted by Crippen LogP contribution is 2.40. The van der Waals surface area contributed by atoms with E-state index in [9.17, 15) is 10.2 Å². The fraction of sp³-hybridized carbons (Fsp3) is 0.250. The molecule has 1 saturated heterocycles. The van der Waals surface area contributed by atoms with Crippen LogP contribution in [0.1, 0.15) is 30.0 Å². The Morgan fingerprint density at radius 3 is 2.40 bits per heavy atom. The monoisotopic (exact) mass is 270 g/mol. The van der Waals surface area contributed by atoms with Crippen molar-refractivity contribution in [3.05, 3.63) is 59.7 Å². The molecular formula is C16H18N2O2. The van der Waals surface area contributed by atoms with Crippen LogP contribution in [0.4, 0.5) is 0 Å². The van der Waals surface area contributed by atoms with Crippen molar-refractivity contribution in [1.82, 2.24) is 10.9 Å². The van der Waals surface area contributed by atoms with Gasteiger partial charge in [-0.15, -0.1) is 0 Å². The number of aromatic hydroxyl groups is 2. The molecule has 3 unspecified atom stereocenters. The molecule has 0 amide bonds. The van der Waals surface area contributed by atoms with Crippen LogP contribution in [0.5, 0.6) is 11.5 Å². The second-order valence-electron chi connectivity index (χ2n) is 5.23. The number of rotatable bonds is 2. The zero-order valence-corrected chi connectivity index (χ0v) is 11.2. The average molecular weight is 270 g/mol. The van der Waals surface area contributed by atoms with Gasteiger partial charge in [0.1, 0.15) is 11.5 Å². The summed E-state index contributed by atoms with van der Waals surface area (Å²) in [6.45, 7) is 2.11. The molecule has 0 radical (unpaired) electrons. The quantitative estimate of drug-likeness (QED) is 0.677. The Balaban J connectivity index is 2.00. The lowest BCUT2D eigenvalue weighted by atomic mass is 9.84. The molecule has 4 nitrogen and oxygen atoms in total. The van der Waals surface area contributed by atoms with Gasteiger partial charge in [-0.05, 0) is 18.6 Å². The lowest BCUT2D eigenvalue weighted by Crippen LogP contribution is -2.29. The van der Waals surface area contributed by atoms with Crippen LogP contribution < -0.4 is 10.9 Å². The van der Waals surface area contributed by atoms with Crippen LogP contribution in [-0.2, 0) is 0 Å². The summed E-state index contributed by atoms with van der Waals surface area (Å²) >= 11 is 0. The van der Waals surface area contributed by atoms with Gasteiger partial charge in [0.2, 0.25) is 0 Å². The number of phenols is 2. The second-order valence-corrected chi connectivity index (χ2v) is 5.23. The van der Waals surface area contributed by atoms with Crippen molar-refractivity contribution < 1.29 is 10.2 Å². The van der Waals surface area contributed by atoms with Gasteiger partial charge in [-0.3, -0.25) is 5.43 Å². The van der Waals surface area contributed by atoms with E-state index in [-0.39, 0.29) is 29.5 Å². The summed E-state index contributed by atoms with van der Waals surface area (Å²) in [5.41, 5.74) is 8.48. The number of phenolic OH excluding ortho intramolecular Hbond substituents is 2. The largest absolute Gasteiger partial charge is 0.508 e. The molecule has 1 fully saturated rings. The Bertz CT molecular complexity index is 601. The summed E-state index contributed by atoms with van der Waals surface area (Å²) in [5, 5.41) is 19.5. The second kappa shape index (κ2) is 5.15. The molecule has 3 atom stereocenters. The van der Waals surface area contributed by atoms with E-state index >= 15 is 0 Å².